The molecule has 2 aromatic rings. The van der Waals surface area contributed by atoms with Gasteiger partial charge in [0.25, 0.3) is 0 Å². The number of nitrogens with zero attached hydrogens (tertiary/aromatic N) is 1. The highest BCUT2D eigenvalue weighted by atomic mass is 32.1. The third-order valence-corrected chi connectivity index (χ3v) is 4.06. The molecule has 1 aromatic heterocycles. The average molecular weight is 321 g/mol. The van der Waals surface area contributed by atoms with Gasteiger partial charge in [-0.05, 0) is 24.6 Å². The predicted octanol–water partition coefficient (Wildman–Crippen LogP) is 2.80. The number of ketones is 1. The number of anilines is 2. The molecule has 1 heterocycles. The van der Waals surface area contributed by atoms with Crippen molar-refractivity contribution < 1.29 is 14.3 Å². The van der Waals surface area contributed by atoms with Crippen LogP contribution in [0.15, 0.2) is 18.2 Å². The summed E-state index contributed by atoms with van der Waals surface area (Å²) < 4.78 is 10.4. The number of rotatable bonds is 7. The van der Waals surface area contributed by atoms with Gasteiger partial charge in [0.15, 0.2) is 16.6 Å². The highest BCUT2D eigenvalue weighted by Crippen LogP contribution is 2.31. The first-order valence-electron chi connectivity index (χ1n) is 6.87. The van der Waals surface area contributed by atoms with Gasteiger partial charge in [0.1, 0.15) is 10.7 Å². The molecule has 0 aliphatic heterocycles. The first kappa shape index (κ1) is 16.1. The molecule has 0 atom stereocenters. The van der Waals surface area contributed by atoms with E-state index in [9.17, 15) is 4.79 Å². The van der Waals surface area contributed by atoms with Crippen LogP contribution >= 0.6 is 11.3 Å². The van der Waals surface area contributed by atoms with Gasteiger partial charge in [-0.3, -0.25) is 4.79 Å². The van der Waals surface area contributed by atoms with E-state index in [1.807, 2.05) is 0 Å². The number of nitrogen functional groups attached to an aromatic ring is 1. The molecule has 0 amide bonds. The number of benzene rings is 1. The lowest BCUT2D eigenvalue weighted by molar-refractivity contribution is 0.104. The van der Waals surface area contributed by atoms with E-state index in [0.29, 0.717) is 27.1 Å². The van der Waals surface area contributed by atoms with E-state index in [1.54, 1.807) is 25.3 Å². The van der Waals surface area contributed by atoms with Crippen molar-refractivity contribution in [2.75, 3.05) is 31.8 Å². The van der Waals surface area contributed by atoms with Crippen LogP contribution in [-0.4, -0.2) is 31.5 Å². The summed E-state index contributed by atoms with van der Waals surface area (Å²) in [4.78, 5) is 17.2. The molecule has 0 saturated carbocycles. The summed E-state index contributed by atoms with van der Waals surface area (Å²) in [5, 5.41) is 3.79. The number of ether oxygens (including phenoxy) is 2. The SMILES string of the molecule is CCCNc1nc(N)c(C(=O)c2ccc(OC)c(OC)c2)s1. The highest BCUT2D eigenvalue weighted by Gasteiger charge is 2.19. The third-order valence-electron chi connectivity index (χ3n) is 3.03. The normalized spacial score (nSPS) is 10.3. The number of hydrogen-bond donors (Lipinski definition) is 2. The van der Waals surface area contributed by atoms with E-state index in [-0.39, 0.29) is 11.6 Å². The van der Waals surface area contributed by atoms with Crippen LogP contribution in [0.3, 0.4) is 0 Å². The quantitative estimate of drug-likeness (QED) is 0.763. The van der Waals surface area contributed by atoms with Gasteiger partial charge < -0.3 is 20.5 Å². The number of aromatic nitrogens is 1. The molecule has 22 heavy (non-hydrogen) atoms. The zero-order valence-electron chi connectivity index (χ0n) is 12.8. The minimum atomic E-state index is -0.180. The molecule has 0 bridgehead atoms. The fourth-order valence-corrected chi connectivity index (χ4v) is 2.78. The summed E-state index contributed by atoms with van der Waals surface area (Å²) in [6.07, 6.45) is 0.971. The Morgan fingerprint density at radius 2 is 2.05 bits per heavy atom. The van der Waals surface area contributed by atoms with Crippen molar-refractivity contribution in [1.29, 1.82) is 0 Å². The van der Waals surface area contributed by atoms with Gasteiger partial charge in [-0.1, -0.05) is 18.3 Å². The highest BCUT2D eigenvalue weighted by molar-refractivity contribution is 7.18. The molecule has 118 valence electrons. The predicted molar refractivity (Wildman–Crippen MR) is 88.3 cm³/mol. The second-order valence-electron chi connectivity index (χ2n) is 4.56. The molecule has 2 rings (SSSR count). The van der Waals surface area contributed by atoms with Crippen LogP contribution in [0.5, 0.6) is 11.5 Å². The standard InChI is InChI=1S/C15H19N3O3S/c1-4-7-17-15-18-14(16)13(22-15)12(19)9-5-6-10(20-2)11(8-9)21-3/h5-6,8H,4,7,16H2,1-3H3,(H,17,18). The van der Waals surface area contributed by atoms with E-state index in [2.05, 4.69) is 17.2 Å². The summed E-state index contributed by atoms with van der Waals surface area (Å²) in [6, 6.07) is 5.01. The maximum absolute atomic E-state index is 12.6. The van der Waals surface area contributed by atoms with Crippen LogP contribution in [0, 0.1) is 0 Å². The Morgan fingerprint density at radius 1 is 1.32 bits per heavy atom. The Labute approximate surface area is 133 Å². The zero-order chi connectivity index (χ0) is 16.1. The summed E-state index contributed by atoms with van der Waals surface area (Å²) in [6.45, 7) is 2.84. The molecule has 0 spiro atoms. The smallest absolute Gasteiger partial charge is 0.206 e. The molecule has 0 radical (unpaired) electrons. The molecule has 6 nitrogen and oxygen atoms in total. The van der Waals surface area contributed by atoms with Crippen molar-refractivity contribution in [3.63, 3.8) is 0 Å². The molecule has 0 fully saturated rings. The molecule has 3 N–H and O–H groups in total. The summed E-state index contributed by atoms with van der Waals surface area (Å²) in [5.74, 6) is 1.13. The van der Waals surface area contributed by atoms with Crippen molar-refractivity contribution in [2.24, 2.45) is 0 Å². The van der Waals surface area contributed by atoms with Gasteiger partial charge in [-0.15, -0.1) is 0 Å². The second-order valence-corrected chi connectivity index (χ2v) is 5.56. The van der Waals surface area contributed by atoms with Crippen LogP contribution in [0.4, 0.5) is 10.9 Å². The molecule has 1 aromatic carbocycles. The van der Waals surface area contributed by atoms with Gasteiger partial charge in [-0.2, -0.15) is 0 Å². The van der Waals surface area contributed by atoms with Gasteiger partial charge in [-0.25, -0.2) is 4.98 Å². The van der Waals surface area contributed by atoms with Crippen molar-refractivity contribution >= 4 is 28.1 Å². The van der Waals surface area contributed by atoms with Crippen molar-refractivity contribution in [3.05, 3.63) is 28.6 Å². The van der Waals surface area contributed by atoms with Crippen molar-refractivity contribution in [2.45, 2.75) is 13.3 Å². The maximum atomic E-state index is 12.6. The van der Waals surface area contributed by atoms with Crippen LogP contribution in [-0.2, 0) is 0 Å². The number of hydrogen-bond acceptors (Lipinski definition) is 7. The van der Waals surface area contributed by atoms with Gasteiger partial charge in [0.05, 0.1) is 14.2 Å². The van der Waals surface area contributed by atoms with Crippen molar-refractivity contribution in [1.82, 2.24) is 4.98 Å². The first-order valence-corrected chi connectivity index (χ1v) is 7.69. The minimum Gasteiger partial charge on any atom is -0.493 e. The lowest BCUT2D eigenvalue weighted by atomic mass is 10.1. The first-order chi connectivity index (χ1) is 10.6. The molecule has 0 unspecified atom stereocenters. The fraction of sp³-hybridized carbons (Fsp3) is 0.333. The fourth-order valence-electron chi connectivity index (χ4n) is 1.91. The number of nitrogens with two attached hydrogens (primary N) is 1. The van der Waals surface area contributed by atoms with Crippen LogP contribution < -0.4 is 20.5 Å². The number of nitrogens with one attached hydrogen (secondary N) is 1. The van der Waals surface area contributed by atoms with Gasteiger partial charge >= 0.3 is 0 Å². The number of carbonyl (C=O) groups excluding carboxylic acids is 1. The van der Waals surface area contributed by atoms with E-state index in [4.69, 9.17) is 15.2 Å². The molecule has 0 aliphatic carbocycles. The zero-order valence-corrected chi connectivity index (χ0v) is 13.6. The summed E-state index contributed by atoms with van der Waals surface area (Å²) in [7, 11) is 3.08. The molecule has 7 heteroatoms. The van der Waals surface area contributed by atoms with Crippen molar-refractivity contribution in [3.8, 4) is 11.5 Å². The number of thiazole rings is 1. The van der Waals surface area contributed by atoms with Crippen LogP contribution in [0.25, 0.3) is 0 Å². The van der Waals surface area contributed by atoms with Crippen LogP contribution in [0.2, 0.25) is 0 Å². The van der Waals surface area contributed by atoms with Crippen LogP contribution in [0.1, 0.15) is 28.6 Å². The molecular formula is C15H19N3O3S. The number of carbonyl (C=O) groups is 1. The summed E-state index contributed by atoms with van der Waals surface area (Å²) >= 11 is 1.26. The molecule has 0 saturated heterocycles. The van der Waals surface area contributed by atoms with E-state index < -0.39 is 0 Å². The maximum Gasteiger partial charge on any atom is 0.206 e. The minimum absolute atomic E-state index is 0.180. The Balaban J connectivity index is 2.29. The largest absolute Gasteiger partial charge is 0.493 e. The van der Waals surface area contributed by atoms with E-state index >= 15 is 0 Å². The third kappa shape index (κ3) is 3.30. The Kier molecular flexibility index (Phi) is 5.21. The van der Waals surface area contributed by atoms with Gasteiger partial charge in [0.2, 0.25) is 5.78 Å². The monoisotopic (exact) mass is 321 g/mol. The lowest BCUT2D eigenvalue weighted by Gasteiger charge is -2.08. The van der Waals surface area contributed by atoms with Gasteiger partial charge in [0, 0.05) is 12.1 Å². The Bertz CT molecular complexity index is 670. The summed E-state index contributed by atoms with van der Waals surface area (Å²) in [5.41, 5.74) is 6.34. The lowest BCUT2D eigenvalue weighted by Crippen LogP contribution is -2.03. The van der Waals surface area contributed by atoms with E-state index in [1.165, 1.54) is 18.4 Å². The second kappa shape index (κ2) is 7.13. The average Bonchev–Trinajstić information content (AvgIpc) is 2.92. The number of methoxy groups -OCH3 is 2. The molecule has 0 aliphatic rings. The van der Waals surface area contributed by atoms with E-state index in [0.717, 1.165) is 13.0 Å². The Hall–Kier alpha value is -2.28. The molecular weight excluding hydrogens is 302 g/mol. The Morgan fingerprint density at radius 3 is 2.68 bits per heavy atom. The topological polar surface area (TPSA) is 86.5 Å².